The van der Waals surface area contributed by atoms with E-state index in [1.807, 2.05) is 24.4 Å². The summed E-state index contributed by atoms with van der Waals surface area (Å²) in [6, 6.07) is 31.7. The molecule has 4 aromatic carbocycles. The molecule has 1 heterocycles. The summed E-state index contributed by atoms with van der Waals surface area (Å²) in [5.41, 5.74) is 10.3. The van der Waals surface area contributed by atoms with Crippen molar-refractivity contribution < 1.29 is 15.3 Å². The highest BCUT2D eigenvalue weighted by Gasteiger charge is 2.19. The molecular formula is C53H78N2O3. The zero-order chi connectivity index (χ0) is 42.6. The lowest BCUT2D eigenvalue weighted by Gasteiger charge is -2.19. The SMILES string of the molecule is C.CC(C)(C)CC1=CCc2ccccc21.CC(C)(C)Cc1cnc[nH]1.CC(C)Cc1ccc(O)c(O)c1.CC(C)Cc1ccc(O)cc1.CC(C)Cc1ccccc1. The molecule has 0 saturated carbocycles. The lowest BCUT2D eigenvalue weighted by molar-refractivity contribution is 0.403. The summed E-state index contributed by atoms with van der Waals surface area (Å²) < 4.78 is 0. The van der Waals surface area contributed by atoms with Crippen LogP contribution >= 0.6 is 0 Å². The Labute approximate surface area is 353 Å². The van der Waals surface area contributed by atoms with Gasteiger partial charge in [-0.05, 0) is 125 Å². The Balaban J connectivity index is 0.000000363. The second kappa shape index (κ2) is 25.6. The highest BCUT2D eigenvalue weighted by atomic mass is 16.3. The van der Waals surface area contributed by atoms with Crippen LogP contribution in [0.15, 0.2) is 116 Å². The number of hydrogen-bond acceptors (Lipinski definition) is 4. The van der Waals surface area contributed by atoms with Crippen LogP contribution in [0.5, 0.6) is 17.2 Å². The summed E-state index contributed by atoms with van der Waals surface area (Å²) in [5, 5.41) is 27.2. The van der Waals surface area contributed by atoms with Crippen LogP contribution in [-0.2, 0) is 32.1 Å². The Morgan fingerprint density at radius 1 is 0.586 bits per heavy atom. The van der Waals surface area contributed by atoms with Crippen molar-refractivity contribution in [2.75, 3.05) is 0 Å². The number of rotatable bonds is 8. The van der Waals surface area contributed by atoms with Crippen LogP contribution in [0.2, 0.25) is 0 Å². The Kier molecular flexibility index (Phi) is 22.6. The van der Waals surface area contributed by atoms with E-state index in [-0.39, 0.29) is 18.9 Å². The van der Waals surface area contributed by atoms with Gasteiger partial charge >= 0.3 is 0 Å². The summed E-state index contributed by atoms with van der Waals surface area (Å²) in [5.74, 6) is 2.27. The molecule has 0 bridgehead atoms. The number of fused-ring (bicyclic) bond motifs is 1. The number of hydrogen-bond donors (Lipinski definition) is 4. The first-order valence-corrected chi connectivity index (χ1v) is 20.8. The highest BCUT2D eigenvalue weighted by molar-refractivity contribution is 5.73. The second-order valence-electron chi connectivity index (χ2n) is 18.9. The summed E-state index contributed by atoms with van der Waals surface area (Å²) in [6.07, 6.45) is 12.6. The number of aromatic hydroxyl groups is 3. The second-order valence-corrected chi connectivity index (χ2v) is 18.9. The molecule has 0 saturated heterocycles. The van der Waals surface area contributed by atoms with Crippen molar-refractivity contribution in [3.63, 3.8) is 0 Å². The topological polar surface area (TPSA) is 89.4 Å². The Morgan fingerprint density at radius 3 is 1.59 bits per heavy atom. The molecule has 5 heteroatoms. The number of aromatic nitrogens is 2. The third kappa shape index (κ3) is 22.8. The van der Waals surface area contributed by atoms with E-state index in [0.717, 1.165) is 37.2 Å². The van der Waals surface area contributed by atoms with Gasteiger partial charge in [0.2, 0.25) is 0 Å². The largest absolute Gasteiger partial charge is 0.508 e. The molecule has 0 fully saturated rings. The number of imidazole rings is 1. The molecule has 1 aromatic heterocycles. The number of nitrogens with zero attached hydrogens (tertiary/aromatic N) is 1. The van der Waals surface area contributed by atoms with E-state index in [4.69, 9.17) is 15.3 Å². The van der Waals surface area contributed by atoms with Crippen molar-refractivity contribution in [2.24, 2.45) is 28.6 Å². The van der Waals surface area contributed by atoms with E-state index in [1.165, 1.54) is 52.4 Å². The maximum absolute atomic E-state index is 9.16. The van der Waals surface area contributed by atoms with Crippen LogP contribution in [0.25, 0.3) is 5.57 Å². The molecule has 4 N–H and O–H groups in total. The minimum atomic E-state index is -0.0532. The smallest absolute Gasteiger partial charge is 0.157 e. The van der Waals surface area contributed by atoms with Crippen molar-refractivity contribution >= 4 is 5.57 Å². The molecule has 0 aliphatic heterocycles. The predicted molar refractivity (Wildman–Crippen MR) is 251 cm³/mol. The van der Waals surface area contributed by atoms with E-state index in [2.05, 4.69) is 154 Å². The van der Waals surface area contributed by atoms with Crippen molar-refractivity contribution in [3.05, 3.63) is 149 Å². The fraction of sp³-hybridized carbons (Fsp3) is 0.453. The van der Waals surface area contributed by atoms with E-state index in [9.17, 15) is 0 Å². The first-order valence-electron chi connectivity index (χ1n) is 20.8. The average Bonchev–Trinajstić information content (AvgIpc) is 3.77. The third-order valence-corrected chi connectivity index (χ3v) is 8.68. The number of phenolic OH excluding ortho intramolecular Hbond substituents is 3. The number of benzene rings is 4. The van der Waals surface area contributed by atoms with Gasteiger partial charge in [0.25, 0.3) is 0 Å². The molecular weight excluding hydrogens is 713 g/mol. The Bertz CT molecular complexity index is 1840. The molecule has 0 unspecified atom stereocenters. The fourth-order valence-corrected chi connectivity index (χ4v) is 6.40. The zero-order valence-electron chi connectivity index (χ0n) is 37.2. The molecule has 58 heavy (non-hydrogen) atoms. The van der Waals surface area contributed by atoms with Crippen LogP contribution in [-0.4, -0.2) is 25.3 Å². The van der Waals surface area contributed by atoms with Crippen molar-refractivity contribution in [1.82, 2.24) is 9.97 Å². The van der Waals surface area contributed by atoms with E-state index in [1.54, 1.807) is 24.5 Å². The number of phenols is 3. The van der Waals surface area contributed by atoms with Crippen LogP contribution in [0.4, 0.5) is 0 Å². The first kappa shape index (κ1) is 51.2. The Hall–Kier alpha value is -4.77. The maximum atomic E-state index is 9.16. The van der Waals surface area contributed by atoms with E-state index >= 15 is 0 Å². The summed E-state index contributed by atoms with van der Waals surface area (Å²) in [4.78, 5) is 7.03. The minimum absolute atomic E-state index is 0. The van der Waals surface area contributed by atoms with Gasteiger partial charge in [0.05, 0.1) is 6.33 Å². The zero-order valence-corrected chi connectivity index (χ0v) is 37.2. The van der Waals surface area contributed by atoms with Gasteiger partial charge in [0, 0.05) is 11.9 Å². The van der Waals surface area contributed by atoms with Gasteiger partial charge in [0.1, 0.15) is 5.75 Å². The van der Waals surface area contributed by atoms with Gasteiger partial charge in [-0.15, -0.1) is 0 Å². The first-order chi connectivity index (χ1) is 26.7. The normalized spacial score (nSPS) is 11.7. The van der Waals surface area contributed by atoms with Crippen LogP contribution < -0.4 is 0 Å². The monoisotopic (exact) mass is 791 g/mol. The quantitative estimate of drug-likeness (QED) is 0.118. The van der Waals surface area contributed by atoms with E-state index < -0.39 is 0 Å². The number of allylic oxidation sites excluding steroid dienone is 2. The van der Waals surface area contributed by atoms with Gasteiger partial charge in [-0.25, -0.2) is 4.98 Å². The number of nitrogens with one attached hydrogen (secondary N) is 1. The summed E-state index contributed by atoms with van der Waals surface area (Å²) in [7, 11) is 0. The molecule has 1 aliphatic rings. The van der Waals surface area contributed by atoms with Crippen molar-refractivity contribution in [1.29, 1.82) is 0 Å². The molecule has 0 spiro atoms. The van der Waals surface area contributed by atoms with Crippen LogP contribution in [0.3, 0.4) is 0 Å². The van der Waals surface area contributed by atoms with Gasteiger partial charge in [-0.3, -0.25) is 0 Å². The van der Waals surface area contributed by atoms with Gasteiger partial charge in [0.15, 0.2) is 11.5 Å². The molecule has 5 aromatic rings. The summed E-state index contributed by atoms with van der Waals surface area (Å²) in [6.45, 7) is 26.6. The lowest BCUT2D eigenvalue weighted by atomic mass is 9.86. The van der Waals surface area contributed by atoms with Crippen LogP contribution in [0.1, 0.15) is 130 Å². The maximum Gasteiger partial charge on any atom is 0.157 e. The van der Waals surface area contributed by atoms with Crippen LogP contribution in [0, 0.1) is 28.6 Å². The molecule has 0 amide bonds. The van der Waals surface area contributed by atoms with Crippen molar-refractivity contribution in [2.45, 2.75) is 129 Å². The van der Waals surface area contributed by atoms with Gasteiger partial charge < -0.3 is 20.3 Å². The van der Waals surface area contributed by atoms with Gasteiger partial charge in [-0.2, -0.15) is 0 Å². The Morgan fingerprint density at radius 2 is 1.09 bits per heavy atom. The standard InChI is InChI=1S/C14H18.C10H14O2.C10H14O.C10H14.C8H14N2.CH4/c1-14(2,3)10-12-9-8-11-6-4-5-7-13(11)12;1-7(2)5-8-3-4-9(11)10(12)6-8;1-8(2)7-9-3-5-10(11)6-4-9;1-9(2)8-10-6-4-3-5-7-10;1-8(2,3)4-7-5-9-6-10-7;/h4-7,9H,8,10H2,1-3H3;3-4,6-7,11-12H,5H2,1-2H3;3-6,8,11H,7H2,1-2H3;3-7,9H,8H2,1-2H3;5-6H,4H2,1-3H3,(H,9,10);1H4. The molecule has 0 radical (unpaired) electrons. The number of aromatic amines is 1. The third-order valence-electron chi connectivity index (χ3n) is 8.68. The predicted octanol–water partition coefficient (Wildman–Crippen LogP) is 14.5. The lowest BCUT2D eigenvalue weighted by Crippen LogP contribution is -2.09. The molecule has 6 rings (SSSR count). The number of H-pyrrole nitrogens is 1. The van der Waals surface area contributed by atoms with E-state index in [0.29, 0.717) is 28.4 Å². The molecule has 0 atom stereocenters. The van der Waals surface area contributed by atoms with Crippen molar-refractivity contribution in [3.8, 4) is 17.2 Å². The highest BCUT2D eigenvalue weighted by Crippen LogP contribution is 2.36. The van der Waals surface area contributed by atoms with Gasteiger partial charge in [-0.1, -0.05) is 169 Å². The molecule has 1 aliphatic carbocycles. The fourth-order valence-electron chi connectivity index (χ4n) is 6.40. The minimum Gasteiger partial charge on any atom is -0.508 e. The molecule has 5 nitrogen and oxygen atoms in total. The molecule has 318 valence electrons. The summed E-state index contributed by atoms with van der Waals surface area (Å²) >= 11 is 0. The average molecular weight is 791 g/mol.